The molecule has 0 spiro atoms. The lowest BCUT2D eigenvalue weighted by atomic mass is 10.2. The second-order valence-corrected chi connectivity index (χ2v) is 7.72. The number of para-hydroxylation sites is 1. The number of aromatic nitrogens is 1. The molecule has 0 bridgehead atoms. The van der Waals surface area contributed by atoms with Crippen molar-refractivity contribution in [3.05, 3.63) is 64.8 Å². The number of hydrogen-bond donors (Lipinski definition) is 0. The van der Waals surface area contributed by atoms with E-state index in [9.17, 15) is 10.1 Å². The normalized spacial score (nSPS) is 15.2. The standard InChI is InChI=1S/C20H20N4O2S/c1-22-10-12-23(13-11-22)17-8-7-16(24(25)26)14-19(17)27-18-6-2-4-15-5-3-9-21-20(15)18/h2-9,14H,10-13H2,1H3. The minimum Gasteiger partial charge on any atom is -0.368 e. The Morgan fingerprint density at radius 1 is 1.04 bits per heavy atom. The number of rotatable bonds is 4. The van der Waals surface area contributed by atoms with E-state index in [1.807, 2.05) is 36.4 Å². The van der Waals surface area contributed by atoms with Crippen LogP contribution in [0.2, 0.25) is 0 Å². The van der Waals surface area contributed by atoms with Gasteiger partial charge in [-0.2, -0.15) is 0 Å². The molecule has 1 saturated heterocycles. The van der Waals surface area contributed by atoms with Crippen LogP contribution in [0.15, 0.2) is 64.5 Å². The Balaban J connectivity index is 1.75. The lowest BCUT2D eigenvalue weighted by Gasteiger charge is -2.35. The number of pyridine rings is 1. The molecule has 0 aliphatic carbocycles. The van der Waals surface area contributed by atoms with E-state index in [1.165, 1.54) is 0 Å². The van der Waals surface area contributed by atoms with Crippen LogP contribution in [0.25, 0.3) is 10.9 Å². The molecule has 1 aliphatic heterocycles. The zero-order chi connectivity index (χ0) is 18.8. The van der Waals surface area contributed by atoms with Crippen LogP contribution in [0, 0.1) is 10.1 Å². The minimum absolute atomic E-state index is 0.114. The van der Waals surface area contributed by atoms with Crippen LogP contribution in [0.3, 0.4) is 0 Å². The van der Waals surface area contributed by atoms with E-state index in [-0.39, 0.29) is 10.6 Å². The third-order valence-electron chi connectivity index (χ3n) is 4.81. The molecule has 0 radical (unpaired) electrons. The van der Waals surface area contributed by atoms with Gasteiger partial charge in [0.1, 0.15) is 0 Å². The van der Waals surface area contributed by atoms with E-state index in [4.69, 9.17) is 0 Å². The Bertz CT molecular complexity index is 981. The quantitative estimate of drug-likeness (QED) is 0.503. The maximum absolute atomic E-state index is 11.3. The van der Waals surface area contributed by atoms with Crippen molar-refractivity contribution in [2.75, 3.05) is 38.1 Å². The zero-order valence-corrected chi connectivity index (χ0v) is 15.9. The summed E-state index contributed by atoms with van der Waals surface area (Å²) in [5, 5.41) is 12.4. The van der Waals surface area contributed by atoms with Gasteiger partial charge in [0.25, 0.3) is 5.69 Å². The van der Waals surface area contributed by atoms with Gasteiger partial charge in [-0.05, 0) is 25.2 Å². The molecule has 0 N–H and O–H groups in total. The van der Waals surface area contributed by atoms with Gasteiger partial charge in [-0.25, -0.2) is 0 Å². The molecular weight excluding hydrogens is 360 g/mol. The maximum Gasteiger partial charge on any atom is 0.270 e. The zero-order valence-electron chi connectivity index (χ0n) is 15.0. The third kappa shape index (κ3) is 3.74. The van der Waals surface area contributed by atoms with Crippen molar-refractivity contribution < 1.29 is 4.92 Å². The molecule has 27 heavy (non-hydrogen) atoms. The minimum atomic E-state index is -0.334. The van der Waals surface area contributed by atoms with Gasteiger partial charge in [-0.1, -0.05) is 30.0 Å². The van der Waals surface area contributed by atoms with Crippen molar-refractivity contribution in [3.63, 3.8) is 0 Å². The molecule has 2 aromatic carbocycles. The summed E-state index contributed by atoms with van der Waals surface area (Å²) >= 11 is 1.55. The molecule has 0 amide bonds. The van der Waals surface area contributed by atoms with E-state index in [1.54, 1.807) is 30.1 Å². The second kappa shape index (κ2) is 7.54. The second-order valence-electron chi connectivity index (χ2n) is 6.63. The van der Waals surface area contributed by atoms with E-state index < -0.39 is 0 Å². The topological polar surface area (TPSA) is 62.5 Å². The summed E-state index contributed by atoms with van der Waals surface area (Å²) in [5.74, 6) is 0. The fourth-order valence-electron chi connectivity index (χ4n) is 3.28. The summed E-state index contributed by atoms with van der Waals surface area (Å²) in [5.41, 5.74) is 2.08. The average molecular weight is 380 g/mol. The fourth-order valence-corrected chi connectivity index (χ4v) is 4.42. The Kier molecular flexibility index (Phi) is 4.96. The van der Waals surface area contributed by atoms with Crippen molar-refractivity contribution in [3.8, 4) is 0 Å². The highest BCUT2D eigenvalue weighted by Gasteiger charge is 2.20. The average Bonchev–Trinajstić information content (AvgIpc) is 2.69. The van der Waals surface area contributed by atoms with Crippen LogP contribution in [0.5, 0.6) is 0 Å². The molecule has 7 heteroatoms. The largest absolute Gasteiger partial charge is 0.368 e. The molecule has 138 valence electrons. The summed E-state index contributed by atoms with van der Waals surface area (Å²) in [6.07, 6.45) is 1.78. The van der Waals surface area contributed by atoms with E-state index in [0.29, 0.717) is 0 Å². The van der Waals surface area contributed by atoms with Crippen LogP contribution in [0.1, 0.15) is 0 Å². The molecule has 1 aromatic heterocycles. The van der Waals surface area contributed by atoms with Crippen LogP contribution in [-0.2, 0) is 0 Å². The number of piperazine rings is 1. The maximum atomic E-state index is 11.3. The summed E-state index contributed by atoms with van der Waals surface area (Å²) in [4.78, 5) is 22.0. The number of nitro benzene ring substituents is 1. The first-order valence-electron chi connectivity index (χ1n) is 8.85. The fraction of sp³-hybridized carbons (Fsp3) is 0.250. The van der Waals surface area contributed by atoms with Crippen molar-refractivity contribution >= 4 is 34.0 Å². The molecule has 1 aliphatic rings. The molecule has 2 heterocycles. The number of fused-ring (bicyclic) bond motifs is 1. The van der Waals surface area contributed by atoms with Crippen LogP contribution in [-0.4, -0.2) is 48.0 Å². The molecule has 1 fully saturated rings. The number of nitrogens with zero attached hydrogens (tertiary/aromatic N) is 4. The predicted octanol–water partition coefficient (Wildman–Crippen LogP) is 4.05. The van der Waals surface area contributed by atoms with Gasteiger partial charge in [0.05, 0.1) is 16.1 Å². The van der Waals surface area contributed by atoms with E-state index >= 15 is 0 Å². The first-order valence-corrected chi connectivity index (χ1v) is 9.67. The smallest absolute Gasteiger partial charge is 0.270 e. The van der Waals surface area contributed by atoms with Gasteiger partial charge in [0, 0.05) is 59.7 Å². The van der Waals surface area contributed by atoms with Crippen LogP contribution in [0.4, 0.5) is 11.4 Å². The van der Waals surface area contributed by atoms with E-state index in [2.05, 4.69) is 21.8 Å². The van der Waals surface area contributed by atoms with Crippen LogP contribution >= 0.6 is 11.8 Å². The number of likely N-dealkylation sites (N-methyl/N-ethyl adjacent to an activating group) is 1. The number of nitro groups is 1. The summed E-state index contributed by atoms with van der Waals surface area (Å²) in [6, 6.07) is 15.2. The van der Waals surface area contributed by atoms with Crippen molar-refractivity contribution in [2.45, 2.75) is 9.79 Å². The van der Waals surface area contributed by atoms with Gasteiger partial charge in [-0.15, -0.1) is 0 Å². The van der Waals surface area contributed by atoms with E-state index in [0.717, 1.165) is 52.6 Å². The lowest BCUT2D eigenvalue weighted by Crippen LogP contribution is -2.44. The van der Waals surface area contributed by atoms with Gasteiger partial charge in [0.15, 0.2) is 0 Å². The van der Waals surface area contributed by atoms with Crippen LogP contribution < -0.4 is 4.90 Å². The monoisotopic (exact) mass is 380 g/mol. The highest BCUT2D eigenvalue weighted by atomic mass is 32.2. The molecular formula is C20H20N4O2S. The van der Waals surface area contributed by atoms with Gasteiger partial charge in [0.2, 0.25) is 0 Å². The Morgan fingerprint density at radius 3 is 2.59 bits per heavy atom. The Hall–Kier alpha value is -2.64. The molecule has 4 rings (SSSR count). The highest BCUT2D eigenvalue weighted by molar-refractivity contribution is 7.99. The first kappa shape index (κ1) is 17.8. The summed E-state index contributed by atoms with van der Waals surface area (Å²) in [7, 11) is 2.12. The summed E-state index contributed by atoms with van der Waals surface area (Å²) < 4.78 is 0. The molecule has 0 atom stereocenters. The molecule has 3 aromatic rings. The molecule has 0 unspecified atom stereocenters. The van der Waals surface area contributed by atoms with Crippen molar-refractivity contribution in [1.29, 1.82) is 0 Å². The van der Waals surface area contributed by atoms with Crippen molar-refractivity contribution in [2.24, 2.45) is 0 Å². The number of anilines is 1. The lowest BCUT2D eigenvalue weighted by molar-refractivity contribution is -0.385. The molecule has 6 nitrogen and oxygen atoms in total. The number of benzene rings is 2. The van der Waals surface area contributed by atoms with Gasteiger partial charge < -0.3 is 9.80 Å². The molecule has 0 saturated carbocycles. The number of non-ortho nitro benzene ring substituents is 1. The van der Waals surface area contributed by atoms with Gasteiger partial charge in [-0.3, -0.25) is 15.1 Å². The summed E-state index contributed by atoms with van der Waals surface area (Å²) in [6.45, 7) is 3.79. The Labute approximate surface area is 162 Å². The highest BCUT2D eigenvalue weighted by Crippen LogP contribution is 2.40. The van der Waals surface area contributed by atoms with Gasteiger partial charge >= 0.3 is 0 Å². The Morgan fingerprint density at radius 2 is 1.81 bits per heavy atom. The van der Waals surface area contributed by atoms with Crippen molar-refractivity contribution in [1.82, 2.24) is 9.88 Å². The number of hydrogen-bond acceptors (Lipinski definition) is 6. The SMILES string of the molecule is CN1CCN(c2ccc([N+](=O)[O-])cc2Sc2cccc3cccnc23)CC1. The first-order chi connectivity index (χ1) is 13.1. The predicted molar refractivity (Wildman–Crippen MR) is 109 cm³/mol. The third-order valence-corrected chi connectivity index (χ3v) is 5.91.